The molecule has 5 nitrogen and oxygen atoms in total. The number of esters is 1. The van der Waals surface area contributed by atoms with Crippen molar-refractivity contribution in [3.63, 3.8) is 0 Å². The minimum Gasteiger partial charge on any atom is -0.464 e. The van der Waals surface area contributed by atoms with E-state index in [0.29, 0.717) is 0 Å². The van der Waals surface area contributed by atoms with Gasteiger partial charge in [0, 0.05) is 12.1 Å². The second-order valence-corrected chi connectivity index (χ2v) is 4.09. The van der Waals surface area contributed by atoms with Gasteiger partial charge in [0.05, 0.1) is 16.9 Å². The lowest BCUT2D eigenvalue weighted by Gasteiger charge is -2.14. The Morgan fingerprint density at radius 1 is 1.56 bits per heavy atom. The van der Waals surface area contributed by atoms with E-state index in [1.165, 1.54) is 0 Å². The van der Waals surface area contributed by atoms with E-state index in [0.717, 1.165) is 13.3 Å². The molecule has 0 unspecified atom stereocenters. The second kappa shape index (κ2) is 5.69. The lowest BCUT2D eigenvalue weighted by Crippen LogP contribution is -2.20. The fraction of sp³-hybridized carbons (Fsp3) is 0.333. The standard InChI is InChI=1S/C9H8F3IN2O3/c1-17-8(16)7-6(13)4(2-14)5(3-15-7)18-9(10,11)12/h3H,2,14H2,1H3. The van der Waals surface area contributed by atoms with Gasteiger partial charge >= 0.3 is 12.3 Å². The number of rotatable bonds is 3. The van der Waals surface area contributed by atoms with E-state index in [-0.39, 0.29) is 21.4 Å². The Kier molecular flexibility index (Phi) is 4.73. The number of nitrogens with zero attached hydrogens (tertiary/aromatic N) is 1. The number of carbonyl (C=O) groups excluding carboxylic acids is 1. The lowest BCUT2D eigenvalue weighted by atomic mass is 10.2. The largest absolute Gasteiger partial charge is 0.573 e. The first-order valence-corrected chi connectivity index (χ1v) is 5.59. The molecule has 0 aromatic carbocycles. The highest BCUT2D eigenvalue weighted by Gasteiger charge is 2.33. The van der Waals surface area contributed by atoms with Crippen molar-refractivity contribution in [2.24, 2.45) is 5.73 Å². The molecule has 0 fully saturated rings. The molecule has 0 atom stereocenters. The quantitative estimate of drug-likeness (QED) is 0.644. The Labute approximate surface area is 114 Å². The molecule has 0 bridgehead atoms. The van der Waals surface area contributed by atoms with Gasteiger partial charge in [-0.2, -0.15) is 0 Å². The van der Waals surface area contributed by atoms with Crippen LogP contribution in [0.1, 0.15) is 16.1 Å². The molecule has 18 heavy (non-hydrogen) atoms. The third-order valence-electron chi connectivity index (χ3n) is 1.89. The fourth-order valence-electron chi connectivity index (χ4n) is 1.15. The van der Waals surface area contributed by atoms with Crippen molar-refractivity contribution in [3.8, 4) is 5.75 Å². The number of methoxy groups -OCH3 is 1. The Balaban J connectivity index is 3.25. The SMILES string of the molecule is COC(=O)c1ncc(OC(F)(F)F)c(CN)c1I. The summed E-state index contributed by atoms with van der Waals surface area (Å²) in [6, 6.07) is 0. The molecule has 9 heteroatoms. The van der Waals surface area contributed by atoms with Gasteiger partial charge in [-0.25, -0.2) is 9.78 Å². The smallest absolute Gasteiger partial charge is 0.464 e. The summed E-state index contributed by atoms with van der Waals surface area (Å²) < 4.78 is 44.8. The highest BCUT2D eigenvalue weighted by molar-refractivity contribution is 14.1. The van der Waals surface area contributed by atoms with Crippen molar-refractivity contribution in [2.75, 3.05) is 7.11 Å². The number of aromatic nitrogens is 1. The highest BCUT2D eigenvalue weighted by atomic mass is 127. The Morgan fingerprint density at radius 2 is 2.17 bits per heavy atom. The molecule has 0 saturated carbocycles. The average molecular weight is 376 g/mol. The summed E-state index contributed by atoms with van der Waals surface area (Å²) in [6.45, 7) is -0.226. The molecule has 0 radical (unpaired) electrons. The first-order valence-electron chi connectivity index (χ1n) is 4.51. The van der Waals surface area contributed by atoms with Crippen LogP contribution in [0.5, 0.6) is 5.75 Å². The van der Waals surface area contributed by atoms with Crippen LogP contribution in [0, 0.1) is 3.57 Å². The van der Waals surface area contributed by atoms with E-state index < -0.39 is 18.1 Å². The molecule has 1 rings (SSSR count). The molecule has 0 spiro atoms. The van der Waals surface area contributed by atoms with Crippen LogP contribution in [0.25, 0.3) is 0 Å². The first kappa shape index (κ1) is 15.0. The second-order valence-electron chi connectivity index (χ2n) is 3.01. The normalized spacial score (nSPS) is 11.2. The van der Waals surface area contributed by atoms with Gasteiger partial charge in [-0.15, -0.1) is 13.2 Å². The first-order chi connectivity index (χ1) is 8.30. The van der Waals surface area contributed by atoms with E-state index in [1.807, 2.05) is 0 Å². The zero-order valence-electron chi connectivity index (χ0n) is 9.05. The maximum atomic E-state index is 12.1. The van der Waals surface area contributed by atoms with Gasteiger partial charge in [0.1, 0.15) is 0 Å². The maximum Gasteiger partial charge on any atom is 0.573 e. The van der Waals surface area contributed by atoms with E-state index in [1.54, 1.807) is 22.6 Å². The van der Waals surface area contributed by atoms with Crippen LogP contribution in [0.4, 0.5) is 13.2 Å². The van der Waals surface area contributed by atoms with Crippen LogP contribution in [0.2, 0.25) is 0 Å². The van der Waals surface area contributed by atoms with Crippen molar-refractivity contribution in [1.29, 1.82) is 0 Å². The monoisotopic (exact) mass is 376 g/mol. The highest BCUT2D eigenvalue weighted by Crippen LogP contribution is 2.30. The van der Waals surface area contributed by atoms with Gasteiger partial charge in [0.25, 0.3) is 0 Å². The number of hydrogen-bond donors (Lipinski definition) is 1. The van der Waals surface area contributed by atoms with Crippen molar-refractivity contribution in [1.82, 2.24) is 4.98 Å². The van der Waals surface area contributed by atoms with Gasteiger partial charge in [-0.1, -0.05) is 0 Å². The van der Waals surface area contributed by atoms with Crippen LogP contribution in [0.15, 0.2) is 6.20 Å². The molecule has 0 saturated heterocycles. The molecule has 1 aromatic heterocycles. The molecule has 0 aliphatic heterocycles. The number of carbonyl (C=O) groups is 1. The molecular formula is C9H8F3IN2O3. The van der Waals surface area contributed by atoms with E-state index in [2.05, 4.69) is 14.5 Å². The third kappa shape index (κ3) is 3.45. The Bertz CT molecular complexity index is 465. The van der Waals surface area contributed by atoms with Crippen LogP contribution in [-0.4, -0.2) is 24.4 Å². The number of nitrogens with two attached hydrogens (primary N) is 1. The summed E-state index contributed by atoms with van der Waals surface area (Å²) in [5.74, 6) is -1.28. The molecule has 1 aromatic rings. The maximum absolute atomic E-state index is 12.1. The summed E-state index contributed by atoms with van der Waals surface area (Å²) in [5, 5.41) is 0. The fourth-order valence-corrected chi connectivity index (χ4v) is 2.00. The van der Waals surface area contributed by atoms with Gasteiger partial charge in [0.15, 0.2) is 11.4 Å². The predicted molar refractivity (Wildman–Crippen MR) is 62.9 cm³/mol. The average Bonchev–Trinajstić information content (AvgIpc) is 2.26. The molecule has 0 aliphatic carbocycles. The molecule has 2 N–H and O–H groups in total. The minimum absolute atomic E-state index is 0.0447. The molecular weight excluding hydrogens is 368 g/mol. The van der Waals surface area contributed by atoms with Crippen molar-refractivity contribution in [2.45, 2.75) is 12.9 Å². The number of pyridine rings is 1. The topological polar surface area (TPSA) is 74.4 Å². The van der Waals surface area contributed by atoms with E-state index >= 15 is 0 Å². The Morgan fingerprint density at radius 3 is 2.61 bits per heavy atom. The van der Waals surface area contributed by atoms with E-state index in [9.17, 15) is 18.0 Å². The summed E-state index contributed by atoms with van der Waals surface area (Å²) in [5.41, 5.74) is 5.29. The molecule has 0 amide bonds. The lowest BCUT2D eigenvalue weighted by molar-refractivity contribution is -0.275. The number of hydrogen-bond acceptors (Lipinski definition) is 5. The van der Waals surface area contributed by atoms with Crippen molar-refractivity contribution < 1.29 is 27.4 Å². The van der Waals surface area contributed by atoms with Crippen LogP contribution >= 0.6 is 22.6 Å². The number of ether oxygens (including phenoxy) is 2. The summed E-state index contributed by atoms with van der Waals surface area (Å²) in [4.78, 5) is 14.9. The summed E-state index contributed by atoms with van der Waals surface area (Å²) in [7, 11) is 1.14. The third-order valence-corrected chi connectivity index (χ3v) is 3.05. The zero-order chi connectivity index (χ0) is 13.9. The molecule has 100 valence electrons. The van der Waals surface area contributed by atoms with Gasteiger partial charge in [0.2, 0.25) is 0 Å². The number of halogens is 4. The van der Waals surface area contributed by atoms with Gasteiger partial charge in [-0.05, 0) is 22.6 Å². The van der Waals surface area contributed by atoms with Crippen LogP contribution in [0.3, 0.4) is 0 Å². The van der Waals surface area contributed by atoms with Crippen LogP contribution in [-0.2, 0) is 11.3 Å². The summed E-state index contributed by atoms with van der Waals surface area (Å²) >= 11 is 1.67. The van der Waals surface area contributed by atoms with Gasteiger partial charge < -0.3 is 15.2 Å². The molecule has 0 aliphatic rings. The summed E-state index contributed by atoms with van der Waals surface area (Å²) in [6.07, 6.45) is -4.05. The number of alkyl halides is 3. The van der Waals surface area contributed by atoms with E-state index in [4.69, 9.17) is 5.73 Å². The predicted octanol–water partition coefficient (Wildman–Crippen LogP) is 1.83. The minimum atomic E-state index is -4.85. The van der Waals surface area contributed by atoms with Crippen molar-refractivity contribution in [3.05, 3.63) is 21.0 Å². The zero-order valence-corrected chi connectivity index (χ0v) is 11.2. The molecule has 1 heterocycles. The van der Waals surface area contributed by atoms with Gasteiger partial charge in [-0.3, -0.25) is 0 Å². The van der Waals surface area contributed by atoms with Crippen molar-refractivity contribution >= 4 is 28.6 Å². The van der Waals surface area contributed by atoms with Crippen LogP contribution < -0.4 is 10.5 Å². The Hall–Kier alpha value is -1.10.